The van der Waals surface area contributed by atoms with Gasteiger partial charge in [0.25, 0.3) is 5.37 Å². The molecular formula is C11H13N2O4S-. The molecule has 2 atom stereocenters. The predicted octanol–water partition coefficient (Wildman–Crippen LogP) is 1.22. The summed E-state index contributed by atoms with van der Waals surface area (Å²) in [6.07, 6.45) is 0.799. The highest BCUT2D eigenvalue weighted by molar-refractivity contribution is 7.79. The lowest BCUT2D eigenvalue weighted by atomic mass is 10.1. The molecule has 0 radical (unpaired) electrons. The zero-order valence-corrected chi connectivity index (χ0v) is 10.7. The van der Waals surface area contributed by atoms with Crippen LogP contribution in [0.2, 0.25) is 0 Å². The molecule has 0 bridgehead atoms. The van der Waals surface area contributed by atoms with Gasteiger partial charge in [-0.3, -0.25) is 14.3 Å². The fourth-order valence-corrected chi connectivity index (χ4v) is 2.78. The molecule has 0 aromatic heterocycles. The quantitative estimate of drug-likeness (QED) is 0.466. The van der Waals surface area contributed by atoms with E-state index >= 15 is 0 Å². The third-order valence-electron chi connectivity index (χ3n) is 3.14. The van der Waals surface area contributed by atoms with Crippen LogP contribution >= 0.6 is 0 Å². The Hall–Kier alpha value is -1.47. The van der Waals surface area contributed by atoms with Crippen LogP contribution < -0.4 is 4.90 Å². The molecule has 98 valence electrons. The molecule has 6 nitrogen and oxygen atoms in total. The van der Waals surface area contributed by atoms with E-state index in [0.29, 0.717) is 0 Å². The Bertz CT molecular complexity index is 492. The van der Waals surface area contributed by atoms with Crippen molar-refractivity contribution in [3.63, 3.8) is 0 Å². The van der Waals surface area contributed by atoms with E-state index in [1.54, 1.807) is 12.1 Å². The van der Waals surface area contributed by atoms with Crippen molar-refractivity contribution in [1.82, 2.24) is 0 Å². The number of nitrogens with zero attached hydrogens (tertiary/aromatic N) is 2. The number of fused-ring (bicyclic) bond motifs is 1. The summed E-state index contributed by atoms with van der Waals surface area (Å²) in [5.41, 5.74) is 2.25. The van der Waals surface area contributed by atoms with Crippen LogP contribution in [0.25, 0.3) is 0 Å². The Morgan fingerprint density at radius 3 is 2.83 bits per heavy atom. The van der Waals surface area contributed by atoms with Gasteiger partial charge >= 0.3 is 0 Å². The molecule has 0 aliphatic carbocycles. The summed E-state index contributed by atoms with van der Waals surface area (Å²) in [5, 5.41) is 9.09. The number of nitro groups is 1. The fourth-order valence-electron chi connectivity index (χ4n) is 2.28. The fraction of sp³-hybridized carbons (Fsp3) is 0.455. The van der Waals surface area contributed by atoms with Crippen molar-refractivity contribution >= 4 is 16.8 Å². The minimum absolute atomic E-state index is 0.227. The van der Waals surface area contributed by atoms with Crippen LogP contribution in [-0.2, 0) is 17.5 Å². The maximum absolute atomic E-state index is 10.9. The normalized spacial score (nSPS) is 17.3. The van der Waals surface area contributed by atoms with Gasteiger partial charge in [-0.15, -0.1) is 0 Å². The molecule has 1 aromatic carbocycles. The van der Waals surface area contributed by atoms with Crippen LogP contribution in [0.15, 0.2) is 18.2 Å². The third-order valence-corrected chi connectivity index (χ3v) is 3.94. The molecule has 0 saturated carbocycles. The van der Waals surface area contributed by atoms with E-state index in [1.807, 2.05) is 6.92 Å². The number of likely N-dealkylation sites (N-methyl/N-ethyl adjacent to an activating group) is 1. The van der Waals surface area contributed by atoms with Crippen LogP contribution in [0.5, 0.6) is 0 Å². The summed E-state index contributed by atoms with van der Waals surface area (Å²) < 4.78 is 21.8. The van der Waals surface area contributed by atoms with Crippen molar-refractivity contribution in [1.29, 1.82) is 0 Å². The van der Waals surface area contributed by atoms with Crippen LogP contribution in [-0.4, -0.2) is 26.8 Å². The predicted molar refractivity (Wildman–Crippen MR) is 66.7 cm³/mol. The van der Waals surface area contributed by atoms with Crippen molar-refractivity contribution < 1.29 is 13.7 Å². The Morgan fingerprint density at radius 2 is 2.28 bits per heavy atom. The highest BCUT2D eigenvalue weighted by Crippen LogP contribution is 2.31. The lowest BCUT2D eigenvalue weighted by Crippen LogP contribution is -2.19. The first-order valence-corrected chi connectivity index (χ1v) is 6.77. The van der Waals surface area contributed by atoms with E-state index in [-0.39, 0.29) is 5.56 Å². The Morgan fingerprint density at radius 1 is 1.56 bits per heavy atom. The summed E-state index contributed by atoms with van der Waals surface area (Å²) in [7, 11) is 0. The van der Waals surface area contributed by atoms with Gasteiger partial charge in [0.15, 0.2) is 0 Å². The zero-order valence-electron chi connectivity index (χ0n) is 9.87. The van der Waals surface area contributed by atoms with Gasteiger partial charge in [-0.2, -0.15) is 0 Å². The number of hydrogen-bond donors (Lipinski definition) is 0. The van der Waals surface area contributed by atoms with Gasteiger partial charge in [0.1, 0.15) is 0 Å². The van der Waals surface area contributed by atoms with Crippen molar-refractivity contribution in [2.45, 2.75) is 18.7 Å². The van der Waals surface area contributed by atoms with Gasteiger partial charge in [0.2, 0.25) is 0 Å². The average Bonchev–Trinajstić information content (AvgIpc) is 2.70. The van der Waals surface area contributed by atoms with E-state index in [9.17, 15) is 18.9 Å². The molecule has 18 heavy (non-hydrogen) atoms. The first-order valence-electron chi connectivity index (χ1n) is 5.64. The Kier molecular flexibility index (Phi) is 3.63. The summed E-state index contributed by atoms with van der Waals surface area (Å²) in [6.45, 7) is 3.78. The summed E-state index contributed by atoms with van der Waals surface area (Å²) >= 11 is -2.75. The summed E-state index contributed by atoms with van der Waals surface area (Å²) in [6, 6.07) is 4.93. The second-order valence-corrected chi connectivity index (χ2v) is 5.08. The highest BCUT2D eigenvalue weighted by Gasteiger charge is 2.26. The van der Waals surface area contributed by atoms with Crippen LogP contribution in [0.3, 0.4) is 0 Å². The molecule has 7 heteroatoms. The van der Waals surface area contributed by atoms with Gasteiger partial charge in [-0.1, -0.05) is 0 Å². The average molecular weight is 269 g/mol. The van der Waals surface area contributed by atoms with Crippen molar-refractivity contribution in [2.75, 3.05) is 18.0 Å². The van der Waals surface area contributed by atoms with Crippen LogP contribution in [0.1, 0.15) is 23.4 Å². The van der Waals surface area contributed by atoms with E-state index in [4.69, 9.17) is 0 Å². The first-order chi connectivity index (χ1) is 8.54. The minimum Gasteiger partial charge on any atom is -0.767 e. The first kappa shape index (κ1) is 13.0. The molecule has 1 aromatic rings. The van der Waals surface area contributed by atoms with E-state index in [2.05, 4.69) is 4.90 Å². The lowest BCUT2D eigenvalue weighted by Gasteiger charge is -2.17. The van der Waals surface area contributed by atoms with Crippen LogP contribution in [0.4, 0.5) is 5.69 Å². The van der Waals surface area contributed by atoms with Crippen molar-refractivity contribution in [2.24, 2.45) is 0 Å². The molecule has 2 rings (SSSR count). The Labute approximate surface area is 107 Å². The maximum atomic E-state index is 10.9. The lowest BCUT2D eigenvalue weighted by molar-refractivity contribution is -0.502. The van der Waals surface area contributed by atoms with Crippen LogP contribution in [0, 0.1) is 10.1 Å². The topological polar surface area (TPSA) is 86.5 Å². The van der Waals surface area contributed by atoms with Gasteiger partial charge < -0.3 is 9.45 Å². The molecule has 2 unspecified atom stereocenters. The second-order valence-electron chi connectivity index (χ2n) is 4.12. The summed E-state index contributed by atoms with van der Waals surface area (Å²) in [4.78, 5) is 12.1. The van der Waals surface area contributed by atoms with Crippen molar-refractivity contribution in [3.8, 4) is 0 Å². The van der Waals surface area contributed by atoms with Gasteiger partial charge in [-0.05, 0) is 37.1 Å². The van der Waals surface area contributed by atoms with Gasteiger partial charge in [-0.25, -0.2) is 0 Å². The number of rotatable bonds is 4. The SMILES string of the molecule is CCN1CCc2cc(C([N+](=O)[O-])S(=O)[O-])ccc21. The smallest absolute Gasteiger partial charge is 0.298 e. The number of benzene rings is 1. The Balaban J connectivity index is 2.38. The zero-order chi connectivity index (χ0) is 13.3. The third kappa shape index (κ3) is 2.23. The number of anilines is 1. The van der Waals surface area contributed by atoms with E-state index in [0.717, 1.165) is 30.8 Å². The molecule has 0 saturated heterocycles. The van der Waals surface area contributed by atoms with Crippen molar-refractivity contribution in [3.05, 3.63) is 39.4 Å². The molecule has 0 spiro atoms. The molecule has 1 aliphatic heterocycles. The largest absolute Gasteiger partial charge is 0.767 e. The molecular weight excluding hydrogens is 256 g/mol. The second kappa shape index (κ2) is 5.03. The standard InChI is InChI=1S/C11H14N2O4S/c1-2-12-6-5-8-7-9(3-4-10(8)12)11(13(14)15)18(16)17/h3-4,7,11H,2,5-6H2,1H3,(H,16,17)/p-1. The minimum atomic E-state index is -2.75. The molecule has 1 aliphatic rings. The monoisotopic (exact) mass is 269 g/mol. The van der Waals surface area contributed by atoms with E-state index < -0.39 is 21.4 Å². The molecule has 0 fully saturated rings. The summed E-state index contributed by atoms with van der Waals surface area (Å²) in [5.74, 6) is 0. The molecule has 0 amide bonds. The molecule has 0 N–H and O–H groups in total. The molecule has 1 heterocycles. The highest BCUT2D eigenvalue weighted by atomic mass is 32.2. The maximum Gasteiger partial charge on any atom is 0.298 e. The van der Waals surface area contributed by atoms with E-state index in [1.165, 1.54) is 6.07 Å². The van der Waals surface area contributed by atoms with Gasteiger partial charge in [0.05, 0.1) is 0 Å². The van der Waals surface area contributed by atoms with Gasteiger partial charge in [0, 0.05) is 40.3 Å². The number of hydrogen-bond acceptors (Lipinski definition) is 5.